The number of halogens is 2. The number of para-hydroxylation sites is 1. The molecule has 0 radical (unpaired) electrons. The molecule has 0 spiro atoms. The van der Waals surface area contributed by atoms with Gasteiger partial charge in [-0.2, -0.15) is 0 Å². The maximum atomic E-state index is 13.0. The summed E-state index contributed by atoms with van der Waals surface area (Å²) in [6.45, 7) is 0. The fourth-order valence-electron chi connectivity index (χ4n) is 1.72. The van der Waals surface area contributed by atoms with Crippen molar-refractivity contribution >= 4 is 23.4 Å². The minimum absolute atomic E-state index is 0.0797. The first-order chi connectivity index (χ1) is 10.5. The van der Waals surface area contributed by atoms with E-state index in [1.807, 2.05) is 0 Å². The lowest BCUT2D eigenvalue weighted by Gasteiger charge is -2.02. The number of benzene rings is 2. The quantitative estimate of drug-likeness (QED) is 0.533. The molecule has 1 amide bonds. The minimum atomic E-state index is -1.08. The molecule has 2 rings (SSSR count). The van der Waals surface area contributed by atoms with E-state index < -0.39 is 22.5 Å². The van der Waals surface area contributed by atoms with Gasteiger partial charge in [0.15, 0.2) is 11.6 Å². The Bertz CT molecular complexity index is 760. The summed E-state index contributed by atoms with van der Waals surface area (Å²) in [5.41, 5.74) is 0.198. The van der Waals surface area contributed by atoms with Crippen LogP contribution in [0.1, 0.15) is 5.56 Å². The Hall–Kier alpha value is -3.09. The highest BCUT2D eigenvalue weighted by atomic mass is 19.2. The molecule has 0 saturated carbocycles. The predicted octanol–water partition coefficient (Wildman–Crippen LogP) is 3.52. The van der Waals surface area contributed by atoms with Gasteiger partial charge in [0.25, 0.3) is 5.69 Å². The lowest BCUT2D eigenvalue weighted by molar-refractivity contribution is -0.385. The summed E-state index contributed by atoms with van der Waals surface area (Å²) in [6.07, 6.45) is 2.34. The third-order valence-electron chi connectivity index (χ3n) is 2.73. The van der Waals surface area contributed by atoms with Crippen LogP contribution in [-0.2, 0) is 4.79 Å². The SMILES string of the molecule is O=C(C=Cc1ccccc1[N+](=O)[O-])Nc1ccc(F)c(F)c1. The molecule has 0 aliphatic heterocycles. The fraction of sp³-hybridized carbons (Fsp3) is 0. The van der Waals surface area contributed by atoms with Crippen LogP contribution in [0.5, 0.6) is 0 Å². The summed E-state index contributed by atoms with van der Waals surface area (Å²) in [7, 11) is 0. The maximum absolute atomic E-state index is 13.0. The second-order valence-corrected chi connectivity index (χ2v) is 4.27. The molecular formula is C15H10F2N2O3. The van der Waals surface area contributed by atoms with Crippen molar-refractivity contribution in [3.05, 3.63) is 75.9 Å². The molecule has 0 aliphatic rings. The number of hydrogen-bond acceptors (Lipinski definition) is 3. The van der Waals surface area contributed by atoms with Crippen molar-refractivity contribution < 1.29 is 18.5 Å². The zero-order valence-electron chi connectivity index (χ0n) is 11.1. The van der Waals surface area contributed by atoms with Crippen LogP contribution in [-0.4, -0.2) is 10.8 Å². The van der Waals surface area contributed by atoms with E-state index in [-0.39, 0.29) is 16.9 Å². The first-order valence-corrected chi connectivity index (χ1v) is 6.15. The first kappa shape index (κ1) is 15.3. The third kappa shape index (κ3) is 3.72. The van der Waals surface area contributed by atoms with Gasteiger partial charge in [-0.25, -0.2) is 8.78 Å². The third-order valence-corrected chi connectivity index (χ3v) is 2.73. The van der Waals surface area contributed by atoms with E-state index in [1.165, 1.54) is 30.3 Å². The average molecular weight is 304 g/mol. The highest BCUT2D eigenvalue weighted by Gasteiger charge is 2.10. The highest BCUT2D eigenvalue weighted by Crippen LogP contribution is 2.19. The molecule has 7 heteroatoms. The van der Waals surface area contributed by atoms with Crippen LogP contribution in [0.3, 0.4) is 0 Å². The summed E-state index contributed by atoms with van der Waals surface area (Å²) in [6, 6.07) is 8.83. The van der Waals surface area contributed by atoms with Crippen molar-refractivity contribution in [3.8, 4) is 0 Å². The van der Waals surface area contributed by atoms with Crippen LogP contribution in [0, 0.1) is 21.7 Å². The molecule has 0 aliphatic carbocycles. The lowest BCUT2D eigenvalue weighted by Crippen LogP contribution is -2.08. The van der Waals surface area contributed by atoms with Crippen LogP contribution in [0.4, 0.5) is 20.2 Å². The normalized spacial score (nSPS) is 10.6. The Kier molecular flexibility index (Phi) is 4.57. The van der Waals surface area contributed by atoms with Gasteiger partial charge in [-0.15, -0.1) is 0 Å². The summed E-state index contributed by atoms with van der Waals surface area (Å²) in [5.74, 6) is -2.72. The fourth-order valence-corrected chi connectivity index (χ4v) is 1.72. The minimum Gasteiger partial charge on any atom is -0.322 e. The summed E-state index contributed by atoms with van der Waals surface area (Å²) in [4.78, 5) is 21.9. The number of nitrogens with one attached hydrogen (secondary N) is 1. The number of amides is 1. The van der Waals surface area contributed by atoms with Crippen molar-refractivity contribution in [3.63, 3.8) is 0 Å². The van der Waals surface area contributed by atoms with E-state index in [1.54, 1.807) is 6.07 Å². The Labute approximate surface area is 124 Å². The largest absolute Gasteiger partial charge is 0.322 e. The van der Waals surface area contributed by atoms with E-state index in [2.05, 4.69) is 5.32 Å². The van der Waals surface area contributed by atoms with Gasteiger partial charge < -0.3 is 5.32 Å². The number of hydrogen-bond donors (Lipinski definition) is 1. The molecule has 5 nitrogen and oxygen atoms in total. The van der Waals surface area contributed by atoms with E-state index >= 15 is 0 Å². The molecule has 22 heavy (non-hydrogen) atoms. The average Bonchev–Trinajstić information content (AvgIpc) is 2.49. The van der Waals surface area contributed by atoms with Crippen molar-refractivity contribution in [2.24, 2.45) is 0 Å². The molecular weight excluding hydrogens is 294 g/mol. The standard InChI is InChI=1S/C15H10F2N2O3/c16-12-7-6-11(9-13(12)17)18-15(20)8-5-10-3-1-2-4-14(10)19(21)22/h1-9H,(H,18,20). The van der Waals surface area contributed by atoms with Crippen molar-refractivity contribution in [1.82, 2.24) is 0 Å². The van der Waals surface area contributed by atoms with E-state index in [0.717, 1.165) is 18.2 Å². The van der Waals surface area contributed by atoms with Gasteiger partial charge in [-0.3, -0.25) is 14.9 Å². The van der Waals surface area contributed by atoms with Crippen LogP contribution in [0.2, 0.25) is 0 Å². The molecule has 0 aromatic heterocycles. The maximum Gasteiger partial charge on any atom is 0.276 e. The Morgan fingerprint density at radius 1 is 1.14 bits per heavy atom. The van der Waals surface area contributed by atoms with E-state index in [0.29, 0.717) is 0 Å². The zero-order chi connectivity index (χ0) is 16.1. The van der Waals surface area contributed by atoms with Gasteiger partial charge in [0, 0.05) is 23.9 Å². The number of carbonyl (C=O) groups is 1. The van der Waals surface area contributed by atoms with Crippen LogP contribution in [0.25, 0.3) is 6.08 Å². The number of rotatable bonds is 4. The number of nitrogens with zero attached hydrogens (tertiary/aromatic N) is 1. The summed E-state index contributed by atoms with van der Waals surface area (Å²) in [5, 5.41) is 13.1. The Morgan fingerprint density at radius 2 is 1.86 bits per heavy atom. The molecule has 2 aromatic rings. The van der Waals surface area contributed by atoms with Gasteiger partial charge in [0.05, 0.1) is 10.5 Å². The summed E-state index contributed by atoms with van der Waals surface area (Å²) < 4.78 is 25.8. The molecule has 2 aromatic carbocycles. The monoisotopic (exact) mass is 304 g/mol. The second kappa shape index (κ2) is 6.57. The second-order valence-electron chi connectivity index (χ2n) is 4.27. The highest BCUT2D eigenvalue weighted by molar-refractivity contribution is 6.02. The Morgan fingerprint density at radius 3 is 2.55 bits per heavy atom. The molecule has 0 saturated heterocycles. The molecule has 0 bridgehead atoms. The first-order valence-electron chi connectivity index (χ1n) is 6.15. The number of carbonyl (C=O) groups excluding carboxylic acids is 1. The molecule has 1 N–H and O–H groups in total. The Balaban J connectivity index is 2.12. The lowest BCUT2D eigenvalue weighted by atomic mass is 10.1. The number of nitro groups is 1. The number of nitro benzene ring substituents is 1. The van der Waals surface area contributed by atoms with Crippen molar-refractivity contribution in [1.29, 1.82) is 0 Å². The molecule has 112 valence electrons. The van der Waals surface area contributed by atoms with E-state index in [9.17, 15) is 23.7 Å². The predicted molar refractivity (Wildman–Crippen MR) is 77.1 cm³/mol. The molecule has 0 fully saturated rings. The molecule has 0 unspecified atom stereocenters. The van der Waals surface area contributed by atoms with Crippen molar-refractivity contribution in [2.45, 2.75) is 0 Å². The van der Waals surface area contributed by atoms with E-state index in [4.69, 9.17) is 0 Å². The topological polar surface area (TPSA) is 72.2 Å². The zero-order valence-corrected chi connectivity index (χ0v) is 11.1. The van der Waals surface area contributed by atoms with Gasteiger partial charge in [0.2, 0.25) is 5.91 Å². The molecule has 0 heterocycles. The van der Waals surface area contributed by atoms with Crippen LogP contribution in [0.15, 0.2) is 48.5 Å². The molecule has 0 atom stereocenters. The van der Waals surface area contributed by atoms with Gasteiger partial charge in [-0.1, -0.05) is 12.1 Å². The number of anilines is 1. The van der Waals surface area contributed by atoms with Gasteiger partial charge in [0.1, 0.15) is 0 Å². The van der Waals surface area contributed by atoms with Crippen LogP contribution < -0.4 is 5.32 Å². The van der Waals surface area contributed by atoms with Gasteiger partial charge >= 0.3 is 0 Å². The van der Waals surface area contributed by atoms with Crippen LogP contribution >= 0.6 is 0 Å². The summed E-state index contributed by atoms with van der Waals surface area (Å²) >= 11 is 0. The van der Waals surface area contributed by atoms with Crippen molar-refractivity contribution in [2.75, 3.05) is 5.32 Å². The van der Waals surface area contributed by atoms with Gasteiger partial charge in [-0.05, 0) is 24.3 Å². The smallest absolute Gasteiger partial charge is 0.276 e.